The Labute approximate surface area is 210 Å². The number of likely N-dealkylation sites (tertiary alicyclic amines) is 1. The molecule has 0 aliphatic carbocycles. The first-order valence-corrected chi connectivity index (χ1v) is 11.9. The van der Waals surface area contributed by atoms with Crippen LogP contribution in [0, 0.1) is 5.92 Å². The largest absolute Gasteiger partial charge is 0.348 e. The number of carbonyl (C=O) groups excluding carboxylic acids is 1. The van der Waals surface area contributed by atoms with E-state index in [9.17, 15) is 9.59 Å². The van der Waals surface area contributed by atoms with E-state index in [0.717, 1.165) is 12.1 Å². The lowest BCUT2D eigenvalue weighted by atomic mass is 9.83. The first-order valence-electron chi connectivity index (χ1n) is 10.00. The number of hydrogen-bond donors (Lipinski definition) is 2. The Balaban J connectivity index is 1.47. The first-order chi connectivity index (χ1) is 15.1. The summed E-state index contributed by atoms with van der Waals surface area (Å²) in [5, 5.41) is 6.47. The van der Waals surface area contributed by atoms with Crippen molar-refractivity contribution in [3.05, 3.63) is 69.1 Å². The number of carbonyl (C=O) groups is 1. The minimum absolute atomic E-state index is 0.0198. The molecule has 1 fully saturated rings. The van der Waals surface area contributed by atoms with Gasteiger partial charge in [0.15, 0.2) is 5.11 Å². The second kappa shape index (κ2) is 9.39. The molecule has 2 aliphatic rings. The molecule has 170 valence electrons. The third-order valence-corrected chi connectivity index (χ3v) is 6.99. The zero-order valence-corrected chi connectivity index (χ0v) is 20.6. The van der Waals surface area contributed by atoms with Crippen molar-refractivity contribution >= 4 is 69.6 Å². The Hall–Kier alpha value is -1.51. The van der Waals surface area contributed by atoms with E-state index in [4.69, 9.17) is 58.6 Å². The van der Waals surface area contributed by atoms with Gasteiger partial charge in [0, 0.05) is 47.9 Å². The van der Waals surface area contributed by atoms with Gasteiger partial charge in [0.05, 0.1) is 0 Å². The number of nitrogens with one attached hydrogen (secondary N) is 2. The van der Waals surface area contributed by atoms with Gasteiger partial charge in [0.2, 0.25) is 3.79 Å². The molecular weight excluding hydrogens is 514 g/mol. The van der Waals surface area contributed by atoms with Crippen LogP contribution < -0.4 is 16.2 Å². The van der Waals surface area contributed by atoms with Crippen molar-refractivity contribution in [3.63, 3.8) is 0 Å². The molecule has 1 unspecified atom stereocenters. The molecule has 32 heavy (non-hydrogen) atoms. The maximum absolute atomic E-state index is 12.7. The molecule has 1 aromatic carbocycles. The maximum atomic E-state index is 12.7. The molecular formula is C21H20Cl4N4O2S. The minimum atomic E-state index is -1.86. The van der Waals surface area contributed by atoms with E-state index in [1.807, 2.05) is 15.5 Å². The molecule has 0 radical (unpaired) electrons. The molecule has 11 heteroatoms. The van der Waals surface area contributed by atoms with E-state index in [-0.39, 0.29) is 17.4 Å². The number of amides is 1. The average Bonchev–Trinajstić information content (AvgIpc) is 2.73. The molecule has 0 spiro atoms. The lowest BCUT2D eigenvalue weighted by Crippen LogP contribution is -2.60. The Kier molecular flexibility index (Phi) is 6.94. The van der Waals surface area contributed by atoms with Crippen molar-refractivity contribution in [2.45, 2.75) is 28.8 Å². The van der Waals surface area contributed by atoms with Crippen LogP contribution in [0.2, 0.25) is 5.02 Å². The van der Waals surface area contributed by atoms with Crippen LogP contribution in [0.15, 0.2) is 47.3 Å². The predicted molar refractivity (Wildman–Crippen MR) is 132 cm³/mol. The number of fused-ring (bicyclic) bond motifs is 4. The monoisotopic (exact) mass is 532 g/mol. The van der Waals surface area contributed by atoms with E-state index in [1.165, 1.54) is 6.07 Å². The number of thiocarbonyl (C=S) groups is 1. The summed E-state index contributed by atoms with van der Waals surface area (Å²) in [5.74, 6) is -0.0141. The SMILES string of the molecule is O=C(NC(NC(=S)N1C[C@@H]2C[C@@H](C1)c1cccc(=O)n1C2)C(Cl)(Cl)Cl)c1cccc(Cl)c1. The van der Waals surface area contributed by atoms with Crippen molar-refractivity contribution in [2.24, 2.45) is 5.92 Å². The summed E-state index contributed by atoms with van der Waals surface area (Å²) < 4.78 is -0.00809. The van der Waals surface area contributed by atoms with Crippen molar-refractivity contribution in [1.82, 2.24) is 20.1 Å². The van der Waals surface area contributed by atoms with Crippen LogP contribution in [0.4, 0.5) is 0 Å². The lowest BCUT2D eigenvalue weighted by Gasteiger charge is -2.44. The Bertz CT molecular complexity index is 1100. The van der Waals surface area contributed by atoms with Crippen LogP contribution in [0.1, 0.15) is 28.4 Å². The summed E-state index contributed by atoms with van der Waals surface area (Å²) >= 11 is 30.0. The quantitative estimate of drug-likeness (QED) is 0.355. The van der Waals surface area contributed by atoms with Gasteiger partial charge in [-0.15, -0.1) is 0 Å². The molecule has 2 bridgehead atoms. The van der Waals surface area contributed by atoms with Gasteiger partial charge in [-0.3, -0.25) is 9.59 Å². The van der Waals surface area contributed by atoms with Gasteiger partial charge in [0.1, 0.15) is 6.17 Å². The minimum Gasteiger partial charge on any atom is -0.348 e. The average molecular weight is 534 g/mol. The van der Waals surface area contributed by atoms with Crippen molar-refractivity contribution in [1.29, 1.82) is 0 Å². The Morgan fingerprint density at radius 2 is 1.84 bits per heavy atom. The summed E-state index contributed by atoms with van der Waals surface area (Å²) in [6, 6.07) is 11.8. The smallest absolute Gasteiger partial charge is 0.253 e. The van der Waals surface area contributed by atoms with Gasteiger partial charge in [-0.1, -0.05) is 58.5 Å². The molecule has 2 N–H and O–H groups in total. The molecule has 1 amide bonds. The van der Waals surface area contributed by atoms with E-state index < -0.39 is 15.9 Å². The van der Waals surface area contributed by atoms with Gasteiger partial charge < -0.3 is 20.1 Å². The summed E-state index contributed by atoms with van der Waals surface area (Å²) in [7, 11) is 0. The van der Waals surface area contributed by atoms with Crippen molar-refractivity contribution in [2.75, 3.05) is 13.1 Å². The second-order valence-corrected chi connectivity index (χ2v) is 11.2. The summed E-state index contributed by atoms with van der Waals surface area (Å²) in [5.41, 5.74) is 1.36. The number of nitrogens with zero attached hydrogens (tertiary/aromatic N) is 2. The van der Waals surface area contributed by atoms with Crippen LogP contribution in [0.3, 0.4) is 0 Å². The summed E-state index contributed by atoms with van der Waals surface area (Å²) in [6.45, 7) is 1.93. The van der Waals surface area contributed by atoms with Gasteiger partial charge >= 0.3 is 0 Å². The Morgan fingerprint density at radius 1 is 1.09 bits per heavy atom. The standard InChI is InChI=1S/C21H20Cl4N4O2S/c22-15-4-1-3-13(8-15)18(31)26-19(21(23,24)25)27-20(32)28-9-12-7-14(11-28)16-5-2-6-17(30)29(16)10-12/h1-6,8,12,14,19H,7,9-11H2,(H,26,31)(H,27,32)/t12-,14-,19?/m0/s1. The van der Waals surface area contributed by atoms with E-state index in [0.29, 0.717) is 35.3 Å². The molecule has 3 heterocycles. The van der Waals surface area contributed by atoms with Crippen LogP contribution in [-0.2, 0) is 6.54 Å². The predicted octanol–water partition coefficient (Wildman–Crippen LogP) is 3.92. The first kappa shape index (κ1) is 23.6. The second-order valence-electron chi connectivity index (χ2n) is 8.01. The Morgan fingerprint density at radius 3 is 2.56 bits per heavy atom. The van der Waals surface area contributed by atoms with Crippen molar-refractivity contribution in [3.8, 4) is 0 Å². The third kappa shape index (κ3) is 5.18. The highest BCUT2D eigenvalue weighted by atomic mass is 35.6. The summed E-state index contributed by atoms with van der Waals surface area (Å²) in [4.78, 5) is 26.9. The fraction of sp³-hybridized carbons (Fsp3) is 0.381. The number of pyridine rings is 1. The van der Waals surface area contributed by atoms with Crippen molar-refractivity contribution < 1.29 is 4.79 Å². The van der Waals surface area contributed by atoms with Crippen LogP contribution >= 0.6 is 58.6 Å². The highest BCUT2D eigenvalue weighted by Crippen LogP contribution is 2.35. The molecule has 0 saturated carbocycles. The lowest BCUT2D eigenvalue weighted by molar-refractivity contribution is 0.0932. The zero-order valence-electron chi connectivity index (χ0n) is 16.7. The number of rotatable bonds is 3. The van der Waals surface area contributed by atoms with E-state index >= 15 is 0 Å². The van der Waals surface area contributed by atoms with Crippen LogP contribution in [-0.4, -0.2) is 43.5 Å². The topological polar surface area (TPSA) is 66.4 Å². The number of alkyl halides is 3. The molecule has 6 nitrogen and oxygen atoms in total. The van der Waals surface area contributed by atoms with Gasteiger partial charge in [-0.2, -0.15) is 0 Å². The van der Waals surface area contributed by atoms with Crippen LogP contribution in [0.25, 0.3) is 0 Å². The normalized spacial score (nSPS) is 20.8. The fourth-order valence-corrected chi connectivity index (χ4v) is 5.11. The zero-order chi connectivity index (χ0) is 23.0. The van der Waals surface area contributed by atoms with E-state index in [1.54, 1.807) is 30.3 Å². The van der Waals surface area contributed by atoms with E-state index in [2.05, 4.69) is 10.6 Å². The number of benzene rings is 1. The number of halogens is 4. The highest BCUT2D eigenvalue weighted by molar-refractivity contribution is 7.80. The number of hydrogen-bond acceptors (Lipinski definition) is 3. The summed E-state index contributed by atoms with van der Waals surface area (Å²) in [6.07, 6.45) is -0.0785. The van der Waals surface area contributed by atoms with Gasteiger partial charge in [-0.05, 0) is 48.8 Å². The van der Waals surface area contributed by atoms with Crippen LogP contribution in [0.5, 0.6) is 0 Å². The number of piperidine rings is 1. The molecule has 4 rings (SSSR count). The van der Waals surface area contributed by atoms with Gasteiger partial charge in [0.25, 0.3) is 11.5 Å². The molecule has 2 aliphatic heterocycles. The molecule has 1 saturated heterocycles. The number of aromatic nitrogens is 1. The molecule has 3 atom stereocenters. The molecule has 1 aromatic heterocycles. The highest BCUT2D eigenvalue weighted by Gasteiger charge is 2.39. The van der Waals surface area contributed by atoms with Gasteiger partial charge in [-0.25, -0.2) is 0 Å². The maximum Gasteiger partial charge on any atom is 0.253 e. The third-order valence-electron chi connectivity index (χ3n) is 5.72. The molecule has 2 aromatic rings. The fourth-order valence-electron chi connectivity index (χ4n) is 4.32.